The summed E-state index contributed by atoms with van der Waals surface area (Å²) in [4.78, 5) is 14.4. The maximum Gasteiger partial charge on any atom is 0.270 e. The van der Waals surface area contributed by atoms with Gasteiger partial charge >= 0.3 is 0 Å². The summed E-state index contributed by atoms with van der Waals surface area (Å²) in [6, 6.07) is 3.87. The topological polar surface area (TPSA) is 37.3 Å². The van der Waals surface area contributed by atoms with E-state index in [1.807, 2.05) is 34.8 Å². The van der Waals surface area contributed by atoms with Crippen LogP contribution in [0.1, 0.15) is 30.3 Å². The molecule has 0 bridgehead atoms. The van der Waals surface area contributed by atoms with Crippen molar-refractivity contribution >= 4 is 5.91 Å². The van der Waals surface area contributed by atoms with E-state index in [-0.39, 0.29) is 5.91 Å². The Labute approximate surface area is 109 Å². The standard InChI is InChI=1S/C14H23N3O/c1-3-16-8-4-5-13(16)14(18)17-9-6-12(7-10-17)11-15-2/h4-5,8,12,15H,3,6-7,9-11H2,1-2H3. The Bertz CT molecular complexity index is 391. The van der Waals surface area contributed by atoms with Crippen LogP contribution in [0.2, 0.25) is 0 Å². The summed E-state index contributed by atoms with van der Waals surface area (Å²) in [5.74, 6) is 0.904. The first kappa shape index (κ1) is 13.1. The highest BCUT2D eigenvalue weighted by atomic mass is 16.2. The van der Waals surface area contributed by atoms with Gasteiger partial charge < -0.3 is 14.8 Å². The van der Waals surface area contributed by atoms with Crippen molar-refractivity contribution in [3.8, 4) is 0 Å². The fourth-order valence-electron chi connectivity index (χ4n) is 2.67. The molecule has 0 spiro atoms. The third kappa shape index (κ3) is 2.75. The van der Waals surface area contributed by atoms with Crippen molar-refractivity contribution < 1.29 is 4.79 Å². The van der Waals surface area contributed by atoms with Gasteiger partial charge in [0.05, 0.1) is 0 Å². The van der Waals surface area contributed by atoms with Crippen LogP contribution in [0.25, 0.3) is 0 Å². The van der Waals surface area contributed by atoms with Gasteiger partial charge in [-0.25, -0.2) is 0 Å². The monoisotopic (exact) mass is 249 g/mol. The normalized spacial score (nSPS) is 17.1. The maximum absolute atomic E-state index is 12.4. The largest absolute Gasteiger partial charge is 0.344 e. The number of hydrogen-bond acceptors (Lipinski definition) is 2. The molecule has 1 N–H and O–H groups in total. The fourth-order valence-corrected chi connectivity index (χ4v) is 2.67. The lowest BCUT2D eigenvalue weighted by atomic mass is 9.96. The van der Waals surface area contributed by atoms with E-state index in [0.717, 1.165) is 50.6 Å². The minimum atomic E-state index is 0.185. The Hall–Kier alpha value is -1.29. The molecule has 100 valence electrons. The molecular formula is C14H23N3O. The molecule has 1 aromatic rings. The number of carbonyl (C=O) groups excluding carboxylic acids is 1. The number of rotatable bonds is 4. The number of aryl methyl sites for hydroxylation is 1. The Morgan fingerprint density at radius 3 is 2.78 bits per heavy atom. The van der Waals surface area contributed by atoms with Gasteiger partial charge in [0.1, 0.15) is 5.69 Å². The van der Waals surface area contributed by atoms with E-state index in [2.05, 4.69) is 12.2 Å². The van der Waals surface area contributed by atoms with Crippen molar-refractivity contribution in [1.29, 1.82) is 0 Å². The third-order valence-electron chi connectivity index (χ3n) is 3.78. The molecule has 1 aliphatic rings. The predicted octanol–water partition coefficient (Wildman–Crippen LogP) is 1.58. The van der Waals surface area contributed by atoms with Gasteiger partial charge in [-0.2, -0.15) is 0 Å². The average molecular weight is 249 g/mol. The highest BCUT2D eigenvalue weighted by molar-refractivity contribution is 5.92. The smallest absolute Gasteiger partial charge is 0.270 e. The lowest BCUT2D eigenvalue weighted by Crippen LogP contribution is -2.41. The minimum Gasteiger partial charge on any atom is -0.344 e. The van der Waals surface area contributed by atoms with Crippen LogP contribution >= 0.6 is 0 Å². The molecule has 18 heavy (non-hydrogen) atoms. The van der Waals surface area contributed by atoms with Crippen LogP contribution < -0.4 is 5.32 Å². The van der Waals surface area contributed by atoms with Crippen molar-refractivity contribution in [2.45, 2.75) is 26.3 Å². The van der Waals surface area contributed by atoms with E-state index in [0.29, 0.717) is 0 Å². The lowest BCUT2D eigenvalue weighted by molar-refractivity contribution is 0.0680. The van der Waals surface area contributed by atoms with Gasteiger partial charge in [0.25, 0.3) is 5.91 Å². The van der Waals surface area contributed by atoms with Gasteiger partial charge in [0.15, 0.2) is 0 Å². The molecule has 0 aliphatic carbocycles. The van der Waals surface area contributed by atoms with Crippen molar-refractivity contribution in [2.75, 3.05) is 26.7 Å². The Morgan fingerprint density at radius 2 is 2.17 bits per heavy atom. The molecule has 0 atom stereocenters. The number of likely N-dealkylation sites (tertiary alicyclic amines) is 1. The number of hydrogen-bond donors (Lipinski definition) is 1. The number of aromatic nitrogens is 1. The first-order chi connectivity index (χ1) is 8.76. The van der Waals surface area contributed by atoms with E-state index in [1.165, 1.54) is 0 Å². The van der Waals surface area contributed by atoms with Gasteiger partial charge in [-0.05, 0) is 51.4 Å². The number of nitrogens with one attached hydrogen (secondary N) is 1. The first-order valence-electron chi connectivity index (χ1n) is 6.85. The molecule has 4 nitrogen and oxygen atoms in total. The van der Waals surface area contributed by atoms with Crippen molar-refractivity contribution in [1.82, 2.24) is 14.8 Å². The summed E-state index contributed by atoms with van der Waals surface area (Å²) < 4.78 is 2.02. The van der Waals surface area contributed by atoms with Crippen LogP contribution in [0.4, 0.5) is 0 Å². The van der Waals surface area contributed by atoms with Crippen molar-refractivity contribution in [3.63, 3.8) is 0 Å². The van der Waals surface area contributed by atoms with Crippen LogP contribution in [-0.2, 0) is 6.54 Å². The van der Waals surface area contributed by atoms with E-state index in [9.17, 15) is 4.79 Å². The summed E-state index contributed by atoms with van der Waals surface area (Å²) >= 11 is 0. The summed E-state index contributed by atoms with van der Waals surface area (Å²) in [6.45, 7) is 5.76. The van der Waals surface area contributed by atoms with E-state index < -0.39 is 0 Å². The molecule has 0 aromatic carbocycles. The van der Waals surface area contributed by atoms with Crippen LogP contribution in [-0.4, -0.2) is 42.1 Å². The Kier molecular flexibility index (Phi) is 4.42. The summed E-state index contributed by atoms with van der Waals surface area (Å²) in [5.41, 5.74) is 0.824. The molecule has 2 heterocycles. The Balaban J connectivity index is 1.95. The SMILES string of the molecule is CCn1cccc1C(=O)N1CCC(CNC)CC1. The van der Waals surface area contributed by atoms with Gasteiger partial charge in [0, 0.05) is 25.8 Å². The molecule has 0 unspecified atom stereocenters. The molecule has 1 fully saturated rings. The number of amides is 1. The molecule has 2 rings (SSSR count). The van der Waals surface area contributed by atoms with E-state index >= 15 is 0 Å². The minimum absolute atomic E-state index is 0.185. The predicted molar refractivity (Wildman–Crippen MR) is 72.7 cm³/mol. The average Bonchev–Trinajstić information content (AvgIpc) is 2.87. The van der Waals surface area contributed by atoms with Crippen LogP contribution in [0.15, 0.2) is 18.3 Å². The van der Waals surface area contributed by atoms with Crippen LogP contribution in [0.5, 0.6) is 0 Å². The quantitative estimate of drug-likeness (QED) is 0.879. The second-order valence-electron chi connectivity index (χ2n) is 4.97. The van der Waals surface area contributed by atoms with Crippen LogP contribution in [0.3, 0.4) is 0 Å². The second-order valence-corrected chi connectivity index (χ2v) is 4.97. The zero-order valence-corrected chi connectivity index (χ0v) is 11.4. The summed E-state index contributed by atoms with van der Waals surface area (Å²) in [5, 5.41) is 3.22. The van der Waals surface area contributed by atoms with Gasteiger partial charge in [-0.1, -0.05) is 0 Å². The lowest BCUT2D eigenvalue weighted by Gasteiger charge is -2.32. The zero-order chi connectivity index (χ0) is 13.0. The molecule has 1 saturated heterocycles. The van der Waals surface area contributed by atoms with Gasteiger partial charge in [0.2, 0.25) is 0 Å². The third-order valence-corrected chi connectivity index (χ3v) is 3.78. The van der Waals surface area contributed by atoms with E-state index in [1.54, 1.807) is 0 Å². The first-order valence-corrected chi connectivity index (χ1v) is 6.85. The van der Waals surface area contributed by atoms with Gasteiger partial charge in [-0.15, -0.1) is 0 Å². The maximum atomic E-state index is 12.4. The molecule has 1 aliphatic heterocycles. The van der Waals surface area contributed by atoms with E-state index in [4.69, 9.17) is 0 Å². The molecule has 0 radical (unpaired) electrons. The molecule has 1 amide bonds. The number of piperidine rings is 1. The fraction of sp³-hybridized carbons (Fsp3) is 0.643. The molecule has 4 heteroatoms. The summed E-state index contributed by atoms with van der Waals surface area (Å²) in [7, 11) is 1.99. The highest BCUT2D eigenvalue weighted by Gasteiger charge is 2.24. The Morgan fingerprint density at radius 1 is 1.44 bits per heavy atom. The second kappa shape index (κ2) is 6.05. The zero-order valence-electron chi connectivity index (χ0n) is 11.4. The number of nitrogens with zero attached hydrogens (tertiary/aromatic N) is 2. The van der Waals surface area contributed by atoms with Crippen molar-refractivity contribution in [3.05, 3.63) is 24.0 Å². The van der Waals surface area contributed by atoms with Crippen LogP contribution in [0, 0.1) is 5.92 Å². The molecule has 1 aromatic heterocycles. The van der Waals surface area contributed by atoms with Gasteiger partial charge in [-0.3, -0.25) is 4.79 Å². The molecular weight excluding hydrogens is 226 g/mol. The summed E-state index contributed by atoms with van der Waals surface area (Å²) in [6.07, 6.45) is 4.19. The van der Waals surface area contributed by atoms with Crippen molar-refractivity contribution in [2.24, 2.45) is 5.92 Å². The molecule has 0 saturated carbocycles. The highest BCUT2D eigenvalue weighted by Crippen LogP contribution is 2.18. The number of carbonyl (C=O) groups is 1.